The molecule has 12 rings (SSSR count). The molecule has 0 bridgehead atoms. The van der Waals surface area contributed by atoms with Crippen LogP contribution in [0.25, 0.3) is 11.1 Å². The fraction of sp³-hybridized carbons (Fsp3) is 0.419. The van der Waals surface area contributed by atoms with Gasteiger partial charge in [-0.25, -0.2) is 29.9 Å². The summed E-state index contributed by atoms with van der Waals surface area (Å²) in [4.78, 5) is 85.8. The Bertz CT molecular complexity index is 4690. The molecule has 0 fully saturated rings. The van der Waals surface area contributed by atoms with Crippen LogP contribution >= 0.6 is 11.6 Å². The second-order valence-corrected chi connectivity index (χ2v) is 28.3. The third kappa shape index (κ3) is 18.4. The summed E-state index contributed by atoms with van der Waals surface area (Å²) in [5, 5.41) is 22.2. The van der Waals surface area contributed by atoms with E-state index in [1.807, 2.05) is 165 Å². The third-order valence-corrected chi connectivity index (χ3v) is 18.1. The summed E-state index contributed by atoms with van der Waals surface area (Å²) < 4.78 is 45.7. The molecule has 0 saturated carbocycles. The number of carbonyl (C=O) groups is 3. The zero-order valence-corrected chi connectivity index (χ0v) is 63.6. The van der Waals surface area contributed by atoms with Crippen molar-refractivity contribution < 1.29 is 27.6 Å². The summed E-state index contributed by atoms with van der Waals surface area (Å²) in [6, 6.07) is 8.46. The van der Waals surface area contributed by atoms with E-state index in [1.165, 1.54) is 18.2 Å². The number of rotatable bonds is 19. The summed E-state index contributed by atoms with van der Waals surface area (Å²) in [7, 11) is 9.50. The number of pyridine rings is 3. The Balaban J connectivity index is 0.000000170. The number of nitrogens with zero attached hydrogens (tertiary/aromatic N) is 20. The lowest BCUT2D eigenvalue weighted by Gasteiger charge is -2.37. The smallest absolute Gasteiger partial charge is 0.247 e. The molecule has 5 N–H and O–H groups in total. The second kappa shape index (κ2) is 33.4. The number of aryl methyl sites for hydroxylation is 3. The molecule has 9 aromatic rings. The van der Waals surface area contributed by atoms with Crippen molar-refractivity contribution >= 4 is 86.9 Å². The van der Waals surface area contributed by atoms with Gasteiger partial charge in [0, 0.05) is 90.2 Å². The van der Waals surface area contributed by atoms with Crippen molar-refractivity contribution in [2.45, 2.75) is 153 Å². The van der Waals surface area contributed by atoms with Crippen LogP contribution in [0, 0.1) is 56.4 Å². The number of nitrogens with two attached hydrogens (primary N) is 1. The minimum Gasteiger partial charge on any atom is -0.345 e. The first-order valence-corrected chi connectivity index (χ1v) is 34.9. The van der Waals surface area contributed by atoms with Gasteiger partial charge in [-0.15, -0.1) is 0 Å². The summed E-state index contributed by atoms with van der Waals surface area (Å²) in [6.45, 7) is 36.0. The number of aromatic nitrogens is 15. The molecule has 3 aliphatic rings. The van der Waals surface area contributed by atoms with E-state index >= 15 is 0 Å². The Labute approximate surface area is 615 Å². The molecule has 0 radical (unpaired) electrons. The molecule has 3 atom stereocenters. The van der Waals surface area contributed by atoms with E-state index in [1.54, 1.807) is 53.8 Å². The molecule has 31 heteroatoms. The van der Waals surface area contributed by atoms with Crippen molar-refractivity contribution in [1.29, 1.82) is 0 Å². The SMILES string of the molecule is C=C(C)c1nc(F)ccc1Cn1cc(CN(C)c2nc(C)c3c(n2)N(C)[C@@H](C(C)C)C(=O)N3)cn1.C=C(C)c1nc(F)ccc1Cn1cc(CN)cn1.Cc1nc(Cl)nc2c1NC(=O)[C@H](C(C)C)N2C.Cc1nc(N(C)Cc2cnn(Cc3ccc(F)nc3C(C)C)c2)nc2c1NC(=O)[C@H](C(C)C)N2C. The molecular formula is C74H94ClF3N24O3. The lowest BCUT2D eigenvalue weighted by atomic mass is 9.99. The quantitative estimate of drug-likeness (QED) is 0.0432. The summed E-state index contributed by atoms with van der Waals surface area (Å²) in [5.74, 6) is 2.24. The first kappa shape index (κ1) is 78.4. The predicted octanol–water partition coefficient (Wildman–Crippen LogP) is 11.2. The normalized spacial score (nSPS) is 15.2. The van der Waals surface area contributed by atoms with Crippen LogP contribution in [0.2, 0.25) is 5.28 Å². The number of nitrogens with one attached hydrogen (secondary N) is 3. The first-order chi connectivity index (χ1) is 49.6. The van der Waals surface area contributed by atoms with Crippen LogP contribution in [-0.2, 0) is 53.7 Å². The van der Waals surface area contributed by atoms with Crippen LogP contribution in [0.4, 0.5) is 59.6 Å². The Morgan fingerprint density at radius 2 is 0.838 bits per heavy atom. The number of allylic oxidation sites excluding steroid dienone is 2. The zero-order chi connectivity index (χ0) is 76.7. The molecule has 0 saturated heterocycles. The molecule has 12 heterocycles. The monoisotopic (exact) mass is 1460 g/mol. The van der Waals surface area contributed by atoms with Crippen LogP contribution in [-0.4, -0.2) is 145 Å². The number of carbonyl (C=O) groups excluding carboxylic acids is 3. The molecule has 0 aliphatic carbocycles. The third-order valence-electron chi connectivity index (χ3n) is 17.9. The maximum absolute atomic E-state index is 13.6. The molecule has 0 unspecified atom stereocenters. The van der Waals surface area contributed by atoms with Gasteiger partial charge in [0.05, 0.1) is 72.4 Å². The number of fused-ring (bicyclic) bond motifs is 3. The van der Waals surface area contributed by atoms with Gasteiger partial charge in [0.25, 0.3) is 0 Å². The van der Waals surface area contributed by atoms with Crippen LogP contribution in [0.1, 0.15) is 143 Å². The highest BCUT2D eigenvalue weighted by Crippen LogP contribution is 2.38. The maximum atomic E-state index is 13.6. The highest BCUT2D eigenvalue weighted by Gasteiger charge is 2.38. The van der Waals surface area contributed by atoms with E-state index in [9.17, 15) is 27.6 Å². The molecular weight excluding hydrogens is 1370 g/mol. The molecule has 105 heavy (non-hydrogen) atoms. The van der Waals surface area contributed by atoms with E-state index in [0.29, 0.717) is 108 Å². The van der Waals surface area contributed by atoms with Gasteiger partial charge in [-0.1, -0.05) is 86.7 Å². The van der Waals surface area contributed by atoms with Gasteiger partial charge in [0.1, 0.15) is 35.2 Å². The average Bonchev–Trinajstić information content (AvgIpc) is 1.12. The number of hydrogen-bond acceptors (Lipinski definition) is 21. The summed E-state index contributed by atoms with van der Waals surface area (Å²) in [5.41, 5.74) is 18.5. The van der Waals surface area contributed by atoms with E-state index in [2.05, 4.69) is 79.3 Å². The summed E-state index contributed by atoms with van der Waals surface area (Å²) >= 11 is 5.85. The number of hydrogen-bond donors (Lipinski definition) is 4. The van der Waals surface area contributed by atoms with Gasteiger partial charge in [-0.2, -0.15) is 43.4 Å². The molecule has 9 aromatic heterocycles. The van der Waals surface area contributed by atoms with E-state index < -0.39 is 17.8 Å². The molecule has 3 amide bonds. The molecule has 0 aromatic carbocycles. The van der Waals surface area contributed by atoms with Crippen molar-refractivity contribution in [3.8, 4) is 0 Å². The lowest BCUT2D eigenvalue weighted by Crippen LogP contribution is -2.49. The van der Waals surface area contributed by atoms with Crippen LogP contribution in [0.3, 0.4) is 0 Å². The van der Waals surface area contributed by atoms with Crippen molar-refractivity contribution in [3.05, 3.63) is 177 Å². The Morgan fingerprint density at radius 3 is 1.19 bits per heavy atom. The number of anilines is 8. The lowest BCUT2D eigenvalue weighted by molar-refractivity contribution is -0.119. The van der Waals surface area contributed by atoms with Gasteiger partial charge < -0.3 is 46.2 Å². The predicted molar refractivity (Wildman–Crippen MR) is 404 cm³/mol. The highest BCUT2D eigenvalue weighted by molar-refractivity contribution is 6.28. The molecule has 556 valence electrons. The minimum absolute atomic E-state index is 0.0241. The highest BCUT2D eigenvalue weighted by atomic mass is 35.5. The van der Waals surface area contributed by atoms with Gasteiger partial charge >= 0.3 is 0 Å². The maximum Gasteiger partial charge on any atom is 0.247 e. The number of likely N-dealkylation sites (N-methyl/N-ethyl adjacent to an activating group) is 3. The van der Waals surface area contributed by atoms with Gasteiger partial charge in [0.15, 0.2) is 17.5 Å². The zero-order valence-electron chi connectivity index (χ0n) is 62.9. The largest absolute Gasteiger partial charge is 0.345 e. The van der Waals surface area contributed by atoms with Crippen molar-refractivity contribution in [1.82, 2.24) is 74.2 Å². The minimum atomic E-state index is -0.528. The summed E-state index contributed by atoms with van der Waals surface area (Å²) in [6.07, 6.45) is 11.1. The van der Waals surface area contributed by atoms with Crippen molar-refractivity contribution in [2.24, 2.45) is 23.5 Å². The Morgan fingerprint density at radius 1 is 0.505 bits per heavy atom. The first-order valence-electron chi connectivity index (χ1n) is 34.5. The Kier molecular flexibility index (Phi) is 24.9. The van der Waals surface area contributed by atoms with E-state index in [-0.39, 0.29) is 64.8 Å². The van der Waals surface area contributed by atoms with Crippen LogP contribution in [0.5, 0.6) is 0 Å². The van der Waals surface area contributed by atoms with Gasteiger partial charge in [-0.05, 0) is 116 Å². The van der Waals surface area contributed by atoms with Crippen molar-refractivity contribution in [3.63, 3.8) is 0 Å². The van der Waals surface area contributed by atoms with Crippen LogP contribution < -0.4 is 46.2 Å². The fourth-order valence-corrected chi connectivity index (χ4v) is 13.1. The van der Waals surface area contributed by atoms with Gasteiger partial charge in [0.2, 0.25) is 52.7 Å². The van der Waals surface area contributed by atoms with Crippen LogP contribution in [0.15, 0.2) is 86.7 Å². The van der Waals surface area contributed by atoms with Crippen molar-refractivity contribution in [2.75, 3.05) is 75.7 Å². The molecule has 0 spiro atoms. The van der Waals surface area contributed by atoms with Gasteiger partial charge in [-0.3, -0.25) is 28.4 Å². The topological polar surface area (TPSA) is 299 Å². The van der Waals surface area contributed by atoms with E-state index in [4.69, 9.17) is 27.3 Å². The molecule has 3 aliphatic heterocycles. The van der Waals surface area contributed by atoms with E-state index in [0.717, 1.165) is 56.2 Å². The standard InChI is InChI=1S/C25H33FN8O.C25H31FN8O.C13H15FN4.C11H15ClN4O/c2*1-14(2)20-18(8-9-19(26)29-20)13-34-12-17(10-27-34)11-32(6)25-28-16(5)21-23(31-25)33(7)22(15(3)4)24(35)30-21;1-9(2)13-11(3-4-12(14)17-13)8-18-7-10(5-15)6-16-18;1-5(2)8-10(17)14-7-6(3)13-11(12)15-9(7)16(8)4/h8-10,12,14-15,22H,11,13H2,1-7H3,(H,30,35);8-10,12,15,22H,1,11,13H2,2-7H3,(H,30,35);3-4,6-7H,1,5,8,15H2,2H3;5,8H,1-4H3,(H,14,17)/t2*22-;;8-/m00.0/s1. The Hall–Kier alpha value is -10.8. The average molecular weight is 1460 g/mol. The number of amides is 3. The molecule has 27 nitrogen and oxygen atoms in total. The second-order valence-electron chi connectivity index (χ2n) is 28.0. The number of halogens is 4. The fourth-order valence-electron chi connectivity index (χ4n) is 12.9.